The van der Waals surface area contributed by atoms with E-state index < -0.39 is 0 Å². The standard InChI is InChI=1S/C9H14ClN3S/c1-5-8(10)9(11)13(12-5)7-3-4-14-6(7)2/h6-7H,3-4,11H2,1-2H3. The van der Waals surface area contributed by atoms with Gasteiger partial charge in [-0.15, -0.1) is 0 Å². The van der Waals surface area contributed by atoms with Gasteiger partial charge in [0.05, 0.1) is 11.7 Å². The number of nitrogens with zero attached hydrogens (tertiary/aromatic N) is 2. The minimum absolute atomic E-state index is 0.409. The molecule has 2 N–H and O–H groups in total. The van der Waals surface area contributed by atoms with E-state index in [2.05, 4.69) is 12.0 Å². The fourth-order valence-corrected chi connectivity index (χ4v) is 3.19. The smallest absolute Gasteiger partial charge is 0.141 e. The van der Waals surface area contributed by atoms with Crippen LogP contribution in [0.4, 0.5) is 5.82 Å². The number of rotatable bonds is 1. The number of halogens is 1. The van der Waals surface area contributed by atoms with E-state index in [9.17, 15) is 0 Å². The number of nitrogens with two attached hydrogens (primary N) is 1. The topological polar surface area (TPSA) is 43.8 Å². The number of aromatic nitrogens is 2. The van der Waals surface area contributed by atoms with E-state index in [0.717, 1.165) is 12.1 Å². The predicted molar refractivity (Wildman–Crippen MR) is 62.0 cm³/mol. The van der Waals surface area contributed by atoms with E-state index in [0.29, 0.717) is 22.1 Å². The van der Waals surface area contributed by atoms with Gasteiger partial charge in [-0.2, -0.15) is 16.9 Å². The van der Waals surface area contributed by atoms with Crippen LogP contribution in [0.2, 0.25) is 5.02 Å². The Bertz CT molecular complexity index is 350. The summed E-state index contributed by atoms with van der Waals surface area (Å²) in [5.74, 6) is 1.80. The fourth-order valence-electron chi connectivity index (χ4n) is 1.84. The van der Waals surface area contributed by atoms with Crippen molar-refractivity contribution in [1.82, 2.24) is 9.78 Å². The fraction of sp³-hybridized carbons (Fsp3) is 0.667. The van der Waals surface area contributed by atoms with Gasteiger partial charge in [0.15, 0.2) is 0 Å². The second-order valence-corrected chi connectivity index (χ2v) is 5.52. The number of anilines is 1. The lowest BCUT2D eigenvalue weighted by Gasteiger charge is -2.16. The highest BCUT2D eigenvalue weighted by Gasteiger charge is 2.28. The summed E-state index contributed by atoms with van der Waals surface area (Å²) in [7, 11) is 0. The third-order valence-corrected chi connectivity index (χ3v) is 4.48. The molecule has 1 aromatic rings. The zero-order valence-electron chi connectivity index (χ0n) is 8.33. The summed E-state index contributed by atoms with van der Waals surface area (Å²) in [6, 6.07) is 0.409. The van der Waals surface area contributed by atoms with Crippen molar-refractivity contribution < 1.29 is 0 Å². The molecule has 14 heavy (non-hydrogen) atoms. The molecule has 2 atom stereocenters. The molecule has 0 bridgehead atoms. The van der Waals surface area contributed by atoms with Crippen molar-refractivity contribution >= 4 is 29.2 Å². The van der Waals surface area contributed by atoms with E-state index >= 15 is 0 Å². The summed E-state index contributed by atoms with van der Waals surface area (Å²) >= 11 is 7.97. The van der Waals surface area contributed by atoms with Crippen LogP contribution in [-0.2, 0) is 0 Å². The third kappa shape index (κ3) is 1.50. The quantitative estimate of drug-likeness (QED) is 0.808. The van der Waals surface area contributed by atoms with Gasteiger partial charge in [-0.3, -0.25) is 0 Å². The summed E-state index contributed by atoms with van der Waals surface area (Å²) in [4.78, 5) is 0. The summed E-state index contributed by atoms with van der Waals surface area (Å²) in [6.45, 7) is 4.11. The summed E-state index contributed by atoms with van der Waals surface area (Å²) in [5, 5.41) is 5.57. The van der Waals surface area contributed by atoms with Gasteiger partial charge in [-0.1, -0.05) is 18.5 Å². The highest BCUT2D eigenvalue weighted by molar-refractivity contribution is 8.00. The lowest BCUT2D eigenvalue weighted by molar-refractivity contribution is 0.461. The number of hydrogen-bond donors (Lipinski definition) is 1. The second kappa shape index (κ2) is 3.66. The van der Waals surface area contributed by atoms with Gasteiger partial charge in [0.2, 0.25) is 0 Å². The minimum Gasteiger partial charge on any atom is -0.383 e. The molecule has 0 saturated carbocycles. The van der Waals surface area contributed by atoms with Crippen LogP contribution < -0.4 is 5.73 Å². The second-order valence-electron chi connectivity index (χ2n) is 3.66. The van der Waals surface area contributed by atoms with Gasteiger partial charge < -0.3 is 5.73 Å². The average Bonchev–Trinajstić information content (AvgIpc) is 2.66. The molecule has 1 saturated heterocycles. The Balaban J connectivity index is 2.36. The lowest BCUT2D eigenvalue weighted by atomic mass is 10.2. The van der Waals surface area contributed by atoms with Crippen molar-refractivity contribution in [1.29, 1.82) is 0 Å². The molecule has 2 unspecified atom stereocenters. The number of aryl methyl sites for hydroxylation is 1. The van der Waals surface area contributed by atoms with Crippen LogP contribution in [0.15, 0.2) is 0 Å². The first-order chi connectivity index (χ1) is 6.61. The normalized spacial score (nSPS) is 27.1. The van der Waals surface area contributed by atoms with Gasteiger partial charge in [-0.05, 0) is 19.1 Å². The van der Waals surface area contributed by atoms with Crippen LogP contribution in [0.5, 0.6) is 0 Å². The maximum Gasteiger partial charge on any atom is 0.141 e. The van der Waals surface area contributed by atoms with E-state index in [1.807, 2.05) is 23.4 Å². The molecular formula is C9H14ClN3S. The SMILES string of the molecule is Cc1nn(C2CCSC2C)c(N)c1Cl. The van der Waals surface area contributed by atoms with E-state index in [-0.39, 0.29) is 0 Å². The van der Waals surface area contributed by atoms with E-state index in [4.69, 9.17) is 17.3 Å². The van der Waals surface area contributed by atoms with Crippen LogP contribution in [-0.4, -0.2) is 20.8 Å². The summed E-state index contributed by atoms with van der Waals surface area (Å²) in [5.41, 5.74) is 6.73. The van der Waals surface area contributed by atoms with Crippen molar-refractivity contribution in [2.24, 2.45) is 0 Å². The Hall–Kier alpha value is -0.350. The van der Waals surface area contributed by atoms with Crippen LogP contribution in [0, 0.1) is 6.92 Å². The molecule has 78 valence electrons. The van der Waals surface area contributed by atoms with Gasteiger partial charge in [-0.25, -0.2) is 4.68 Å². The average molecular weight is 232 g/mol. The van der Waals surface area contributed by atoms with Crippen LogP contribution in [0.1, 0.15) is 25.1 Å². The highest BCUT2D eigenvalue weighted by Crippen LogP contribution is 2.38. The largest absolute Gasteiger partial charge is 0.383 e. The Kier molecular flexibility index (Phi) is 2.66. The van der Waals surface area contributed by atoms with Crippen LogP contribution >= 0.6 is 23.4 Å². The summed E-state index contributed by atoms with van der Waals surface area (Å²) in [6.07, 6.45) is 1.13. The first-order valence-corrected chi connectivity index (χ1v) is 6.15. The third-order valence-electron chi connectivity index (χ3n) is 2.70. The molecule has 0 amide bonds. The van der Waals surface area contributed by atoms with Crippen molar-refractivity contribution in [3.63, 3.8) is 0 Å². The summed E-state index contributed by atoms with van der Waals surface area (Å²) < 4.78 is 1.89. The van der Waals surface area contributed by atoms with Crippen molar-refractivity contribution in [3.05, 3.63) is 10.7 Å². The molecule has 1 aliphatic heterocycles. The first-order valence-electron chi connectivity index (χ1n) is 4.73. The van der Waals surface area contributed by atoms with Gasteiger partial charge in [0.25, 0.3) is 0 Å². The number of nitrogen functional groups attached to an aromatic ring is 1. The van der Waals surface area contributed by atoms with E-state index in [1.54, 1.807) is 0 Å². The van der Waals surface area contributed by atoms with Crippen LogP contribution in [0.25, 0.3) is 0 Å². The van der Waals surface area contributed by atoms with E-state index in [1.165, 1.54) is 5.75 Å². The predicted octanol–water partition coefficient (Wildman–Crippen LogP) is 2.49. The molecular weight excluding hydrogens is 218 g/mol. The molecule has 3 nitrogen and oxygen atoms in total. The molecule has 1 aromatic heterocycles. The highest BCUT2D eigenvalue weighted by atomic mass is 35.5. The number of thioether (sulfide) groups is 1. The first kappa shape index (κ1) is 10.2. The zero-order valence-corrected chi connectivity index (χ0v) is 9.90. The number of hydrogen-bond acceptors (Lipinski definition) is 3. The Morgan fingerprint density at radius 2 is 2.36 bits per heavy atom. The Morgan fingerprint density at radius 3 is 2.79 bits per heavy atom. The molecule has 1 fully saturated rings. The molecule has 2 heterocycles. The Labute approximate surface area is 93.0 Å². The monoisotopic (exact) mass is 231 g/mol. The van der Waals surface area contributed by atoms with Crippen molar-refractivity contribution in [3.8, 4) is 0 Å². The Morgan fingerprint density at radius 1 is 1.64 bits per heavy atom. The molecule has 1 aliphatic rings. The molecule has 0 spiro atoms. The van der Waals surface area contributed by atoms with Crippen molar-refractivity contribution in [2.45, 2.75) is 31.6 Å². The van der Waals surface area contributed by atoms with Crippen molar-refractivity contribution in [2.75, 3.05) is 11.5 Å². The molecule has 2 rings (SSSR count). The van der Waals surface area contributed by atoms with Gasteiger partial charge in [0.1, 0.15) is 10.8 Å². The van der Waals surface area contributed by atoms with Gasteiger partial charge in [0, 0.05) is 5.25 Å². The van der Waals surface area contributed by atoms with Gasteiger partial charge >= 0.3 is 0 Å². The van der Waals surface area contributed by atoms with Crippen LogP contribution in [0.3, 0.4) is 0 Å². The molecule has 0 aliphatic carbocycles. The zero-order chi connectivity index (χ0) is 10.3. The lowest BCUT2D eigenvalue weighted by Crippen LogP contribution is -2.17. The molecule has 5 heteroatoms. The minimum atomic E-state index is 0.409. The maximum atomic E-state index is 6.01. The molecule has 0 radical (unpaired) electrons. The molecule has 0 aromatic carbocycles. The maximum absolute atomic E-state index is 6.01.